The van der Waals surface area contributed by atoms with Gasteiger partial charge in [0.05, 0.1) is 0 Å². The van der Waals surface area contributed by atoms with Gasteiger partial charge in [-0.25, -0.2) is 4.79 Å². The normalized spacial score (nSPS) is 5.78. The summed E-state index contributed by atoms with van der Waals surface area (Å²) < 4.78 is 3.81. The lowest BCUT2D eigenvalue weighted by Gasteiger charge is -1.85. The second kappa shape index (κ2) is 10.0. The van der Waals surface area contributed by atoms with Gasteiger partial charge < -0.3 is 9.84 Å². The van der Waals surface area contributed by atoms with E-state index in [0.717, 1.165) is 0 Å². The van der Waals surface area contributed by atoms with Crippen LogP contribution in [-0.2, 0) is 14.3 Å². The third-order valence-corrected chi connectivity index (χ3v) is 0.275. The van der Waals surface area contributed by atoms with Gasteiger partial charge >= 0.3 is 5.97 Å². The van der Waals surface area contributed by atoms with Gasteiger partial charge in [0.25, 0.3) is 6.47 Å². The highest BCUT2D eigenvalue weighted by atomic mass is 16.5. The van der Waals surface area contributed by atoms with Gasteiger partial charge in [-0.3, -0.25) is 4.79 Å². The predicted molar refractivity (Wildman–Crippen MR) is 33.1 cm³/mol. The Labute approximate surface area is 54.4 Å². The first kappa shape index (κ1) is 15.7. The number of rotatable bonds is 3. The van der Waals surface area contributed by atoms with Crippen molar-refractivity contribution in [1.82, 2.24) is 0 Å². The minimum absolute atomic E-state index is 0. The highest BCUT2D eigenvalue weighted by Gasteiger charge is 1.90. The SMILES string of the molecule is C.C.O=COCC(=O)O. The van der Waals surface area contributed by atoms with Crippen molar-refractivity contribution in [3.63, 3.8) is 0 Å². The zero-order valence-corrected chi connectivity index (χ0v) is 3.46. The second-order valence-electron chi connectivity index (χ2n) is 0.801. The van der Waals surface area contributed by atoms with Gasteiger partial charge in [0.1, 0.15) is 0 Å². The number of ether oxygens (including phenoxy) is 1. The Morgan fingerprint density at radius 2 is 2.00 bits per heavy atom. The summed E-state index contributed by atoms with van der Waals surface area (Å²) in [4.78, 5) is 18.7. The topological polar surface area (TPSA) is 63.6 Å². The summed E-state index contributed by atoms with van der Waals surface area (Å²) in [5.41, 5.74) is 0. The largest absolute Gasteiger partial charge is 0.479 e. The lowest BCUT2D eigenvalue weighted by molar-refractivity contribution is -0.147. The number of carbonyl (C=O) groups excluding carboxylic acids is 1. The molecule has 0 amide bonds. The van der Waals surface area contributed by atoms with Gasteiger partial charge in [0.15, 0.2) is 6.61 Å². The molecular formula is C5H12O4. The quantitative estimate of drug-likeness (QED) is 0.574. The summed E-state index contributed by atoms with van der Waals surface area (Å²) in [5, 5.41) is 7.76. The molecule has 0 radical (unpaired) electrons. The Balaban J connectivity index is -0.000000180. The average molecular weight is 136 g/mol. The van der Waals surface area contributed by atoms with Gasteiger partial charge in [0, 0.05) is 0 Å². The van der Waals surface area contributed by atoms with E-state index in [1.54, 1.807) is 0 Å². The van der Waals surface area contributed by atoms with Gasteiger partial charge in [-0.05, 0) is 0 Å². The molecule has 0 aromatic carbocycles. The van der Waals surface area contributed by atoms with Gasteiger partial charge in [-0.1, -0.05) is 14.9 Å². The molecule has 0 bridgehead atoms. The number of carbonyl (C=O) groups is 2. The van der Waals surface area contributed by atoms with Crippen molar-refractivity contribution in [2.75, 3.05) is 6.61 Å². The van der Waals surface area contributed by atoms with E-state index in [4.69, 9.17) is 5.11 Å². The third-order valence-electron chi connectivity index (χ3n) is 0.275. The third kappa shape index (κ3) is 19.6. The van der Waals surface area contributed by atoms with Crippen LogP contribution < -0.4 is 0 Å². The Hall–Kier alpha value is -1.06. The minimum atomic E-state index is -1.15. The van der Waals surface area contributed by atoms with Crippen LogP contribution in [0.5, 0.6) is 0 Å². The molecule has 0 rings (SSSR count). The first-order valence-electron chi connectivity index (χ1n) is 1.54. The monoisotopic (exact) mass is 136 g/mol. The molecule has 0 aromatic heterocycles. The molecule has 0 atom stereocenters. The summed E-state index contributed by atoms with van der Waals surface area (Å²) in [5.74, 6) is -1.15. The maximum Gasteiger partial charge on any atom is 0.341 e. The van der Waals surface area contributed by atoms with E-state index < -0.39 is 12.6 Å². The fourth-order valence-corrected chi connectivity index (χ4v) is 0.105. The van der Waals surface area contributed by atoms with Gasteiger partial charge in [-0.2, -0.15) is 0 Å². The Kier molecular flexibility index (Phi) is 17.5. The summed E-state index contributed by atoms with van der Waals surface area (Å²) in [6, 6.07) is 0. The van der Waals surface area contributed by atoms with Crippen molar-refractivity contribution >= 4 is 12.4 Å². The van der Waals surface area contributed by atoms with Crippen LogP contribution >= 0.6 is 0 Å². The van der Waals surface area contributed by atoms with Crippen molar-refractivity contribution in [3.05, 3.63) is 0 Å². The molecule has 0 spiro atoms. The van der Waals surface area contributed by atoms with Crippen molar-refractivity contribution in [1.29, 1.82) is 0 Å². The first-order valence-corrected chi connectivity index (χ1v) is 1.54. The Morgan fingerprint density at radius 1 is 1.56 bits per heavy atom. The Bertz CT molecular complexity index is 79.0. The molecule has 0 aromatic rings. The molecule has 0 saturated heterocycles. The summed E-state index contributed by atoms with van der Waals surface area (Å²) in [7, 11) is 0. The molecule has 0 heterocycles. The molecule has 4 nitrogen and oxygen atoms in total. The predicted octanol–water partition coefficient (Wildman–Crippen LogP) is 0.516. The van der Waals surface area contributed by atoms with Crippen molar-refractivity contribution in [3.8, 4) is 0 Å². The van der Waals surface area contributed by atoms with Crippen LogP contribution in [-0.4, -0.2) is 24.2 Å². The molecule has 0 saturated carbocycles. The van der Waals surface area contributed by atoms with Crippen LogP contribution in [0.3, 0.4) is 0 Å². The van der Waals surface area contributed by atoms with Gasteiger partial charge in [0.2, 0.25) is 0 Å². The molecule has 1 N–H and O–H groups in total. The van der Waals surface area contributed by atoms with E-state index >= 15 is 0 Å². The van der Waals surface area contributed by atoms with Crippen LogP contribution in [0.4, 0.5) is 0 Å². The molecule has 56 valence electrons. The maximum absolute atomic E-state index is 9.47. The highest BCUT2D eigenvalue weighted by molar-refractivity contribution is 5.69. The molecule has 9 heavy (non-hydrogen) atoms. The molecule has 4 heteroatoms. The van der Waals surface area contributed by atoms with E-state index in [1.807, 2.05) is 0 Å². The second-order valence-corrected chi connectivity index (χ2v) is 0.801. The van der Waals surface area contributed by atoms with Crippen LogP contribution in [0.25, 0.3) is 0 Å². The first-order chi connectivity index (χ1) is 3.27. The lowest BCUT2D eigenvalue weighted by atomic mass is 10.8. The van der Waals surface area contributed by atoms with E-state index in [1.165, 1.54) is 0 Å². The van der Waals surface area contributed by atoms with E-state index in [-0.39, 0.29) is 21.3 Å². The maximum atomic E-state index is 9.47. The number of aliphatic carboxylic acids is 1. The van der Waals surface area contributed by atoms with Crippen molar-refractivity contribution in [2.45, 2.75) is 14.9 Å². The molecular weight excluding hydrogens is 124 g/mol. The van der Waals surface area contributed by atoms with Gasteiger partial charge in [-0.15, -0.1) is 0 Å². The number of hydrogen-bond acceptors (Lipinski definition) is 3. The fourth-order valence-electron chi connectivity index (χ4n) is 0.105. The van der Waals surface area contributed by atoms with Crippen LogP contribution in [0.2, 0.25) is 0 Å². The number of hydrogen-bond donors (Lipinski definition) is 1. The number of carboxylic acid groups (broad SMARTS) is 1. The lowest BCUT2D eigenvalue weighted by Crippen LogP contribution is -2.04. The van der Waals surface area contributed by atoms with E-state index in [9.17, 15) is 9.59 Å². The molecule has 0 aliphatic heterocycles. The zero-order valence-electron chi connectivity index (χ0n) is 3.46. The zero-order chi connectivity index (χ0) is 5.70. The summed E-state index contributed by atoms with van der Waals surface area (Å²) >= 11 is 0. The van der Waals surface area contributed by atoms with Crippen LogP contribution in [0.1, 0.15) is 14.9 Å². The molecule has 0 aliphatic carbocycles. The van der Waals surface area contributed by atoms with Crippen molar-refractivity contribution in [2.24, 2.45) is 0 Å². The molecule has 0 fully saturated rings. The van der Waals surface area contributed by atoms with Crippen molar-refractivity contribution < 1.29 is 19.4 Å². The highest BCUT2D eigenvalue weighted by Crippen LogP contribution is 1.63. The van der Waals surface area contributed by atoms with E-state index in [2.05, 4.69) is 4.74 Å². The average Bonchev–Trinajstić information content (AvgIpc) is 1.61. The fraction of sp³-hybridized carbons (Fsp3) is 0.600. The summed E-state index contributed by atoms with van der Waals surface area (Å²) in [6.45, 7) is -0.461. The molecule has 0 aliphatic rings. The van der Waals surface area contributed by atoms with Crippen LogP contribution in [0.15, 0.2) is 0 Å². The van der Waals surface area contributed by atoms with E-state index in [0.29, 0.717) is 0 Å². The minimum Gasteiger partial charge on any atom is -0.479 e. The smallest absolute Gasteiger partial charge is 0.341 e. The molecule has 0 unspecified atom stereocenters. The summed E-state index contributed by atoms with van der Waals surface area (Å²) in [6.07, 6.45) is 0. The van der Waals surface area contributed by atoms with Crippen LogP contribution in [0, 0.1) is 0 Å². The Morgan fingerprint density at radius 3 is 2.11 bits per heavy atom. The number of carboxylic acids is 1. The standard InChI is InChI=1S/C3H4O4.2CH4/c4-2-7-1-3(5)6;;/h2H,1H2,(H,5,6);2*1H4.